The predicted molar refractivity (Wildman–Crippen MR) is 115 cm³/mol. The fourth-order valence-corrected chi connectivity index (χ4v) is 4.39. The molecule has 0 N–H and O–H groups in total. The highest BCUT2D eigenvalue weighted by atomic mass is 16.2. The quantitative estimate of drug-likeness (QED) is 0.523. The van der Waals surface area contributed by atoms with Gasteiger partial charge in [0, 0.05) is 28.9 Å². The van der Waals surface area contributed by atoms with Gasteiger partial charge in [-0.25, -0.2) is 0 Å². The first kappa shape index (κ1) is 18.4. The molecule has 0 fully saturated rings. The highest BCUT2D eigenvalue weighted by Gasteiger charge is 2.33. The van der Waals surface area contributed by atoms with Gasteiger partial charge in [-0.3, -0.25) is 9.59 Å². The molecule has 0 saturated carbocycles. The topological polar surface area (TPSA) is 37.4 Å². The fraction of sp³-hybridized carbons (Fsp3) is 0.280. The number of hydrogen-bond donors (Lipinski definition) is 0. The molecule has 2 aromatic rings. The van der Waals surface area contributed by atoms with Crippen LogP contribution in [0, 0.1) is 0 Å². The van der Waals surface area contributed by atoms with Gasteiger partial charge in [0.2, 0.25) is 0 Å². The van der Waals surface area contributed by atoms with Crippen molar-refractivity contribution in [2.45, 2.75) is 39.7 Å². The largest absolute Gasteiger partial charge is 0.362 e. The lowest BCUT2D eigenvalue weighted by atomic mass is 9.87. The van der Waals surface area contributed by atoms with E-state index in [-0.39, 0.29) is 22.7 Å². The number of ketones is 2. The number of anilines is 1. The Morgan fingerprint density at radius 3 is 2.21 bits per heavy atom. The van der Waals surface area contributed by atoms with E-state index in [4.69, 9.17) is 0 Å². The maximum absolute atomic E-state index is 12.7. The first-order valence-corrected chi connectivity index (χ1v) is 9.85. The van der Waals surface area contributed by atoms with Crippen molar-refractivity contribution in [2.24, 2.45) is 0 Å². The molecule has 142 valence electrons. The molecule has 0 amide bonds. The Kier molecular flexibility index (Phi) is 4.34. The third kappa shape index (κ3) is 2.82. The number of allylic oxidation sites excluding steroid dienone is 2. The second kappa shape index (κ2) is 6.59. The van der Waals surface area contributed by atoms with Crippen molar-refractivity contribution < 1.29 is 9.59 Å². The van der Waals surface area contributed by atoms with E-state index in [1.807, 2.05) is 6.07 Å². The summed E-state index contributed by atoms with van der Waals surface area (Å²) in [5.41, 5.74) is 5.70. The highest BCUT2D eigenvalue weighted by molar-refractivity contribution is 6.41. The van der Waals surface area contributed by atoms with Gasteiger partial charge in [0.15, 0.2) is 11.6 Å². The number of fused-ring (bicyclic) bond motifs is 2. The van der Waals surface area contributed by atoms with Gasteiger partial charge in [0.1, 0.15) is 0 Å². The van der Waals surface area contributed by atoms with E-state index >= 15 is 0 Å². The Bertz CT molecular complexity index is 1020. The molecule has 28 heavy (non-hydrogen) atoms. The summed E-state index contributed by atoms with van der Waals surface area (Å²) in [5, 5.41) is 0. The van der Waals surface area contributed by atoms with E-state index in [1.54, 1.807) is 30.3 Å². The van der Waals surface area contributed by atoms with Crippen LogP contribution in [0.2, 0.25) is 0 Å². The van der Waals surface area contributed by atoms with Crippen LogP contribution in [0.3, 0.4) is 0 Å². The molecule has 0 aromatic heterocycles. The number of nitrogens with zero attached hydrogens (tertiary/aromatic N) is 1. The zero-order chi connectivity index (χ0) is 20.1. The van der Waals surface area contributed by atoms with Crippen molar-refractivity contribution in [3.8, 4) is 0 Å². The first-order valence-electron chi connectivity index (χ1n) is 9.85. The summed E-state index contributed by atoms with van der Waals surface area (Å²) in [5.74, 6) is -0.362. The van der Waals surface area contributed by atoms with Crippen molar-refractivity contribution in [1.82, 2.24) is 0 Å². The van der Waals surface area contributed by atoms with Crippen LogP contribution >= 0.6 is 0 Å². The summed E-state index contributed by atoms with van der Waals surface area (Å²) in [7, 11) is 0. The lowest BCUT2D eigenvalue weighted by Crippen LogP contribution is -2.45. The van der Waals surface area contributed by atoms with Gasteiger partial charge in [0.05, 0.1) is 11.1 Å². The smallest absolute Gasteiger partial charge is 0.197 e. The van der Waals surface area contributed by atoms with Crippen LogP contribution in [0.4, 0.5) is 5.69 Å². The van der Waals surface area contributed by atoms with Crippen LogP contribution in [-0.2, 0) is 0 Å². The normalized spacial score (nSPS) is 17.4. The van der Waals surface area contributed by atoms with E-state index in [1.165, 1.54) is 11.3 Å². The highest BCUT2D eigenvalue weighted by Crippen LogP contribution is 2.40. The average Bonchev–Trinajstić information content (AvgIpc) is 2.90. The lowest BCUT2D eigenvalue weighted by molar-refractivity contribution is 0.0990. The Morgan fingerprint density at radius 1 is 0.964 bits per heavy atom. The van der Waals surface area contributed by atoms with Gasteiger partial charge < -0.3 is 4.90 Å². The summed E-state index contributed by atoms with van der Waals surface area (Å²) in [6.07, 6.45) is 5.11. The third-order valence-electron chi connectivity index (χ3n) is 5.67. The Balaban J connectivity index is 1.77. The number of hydrogen-bond acceptors (Lipinski definition) is 3. The molecule has 3 nitrogen and oxygen atoms in total. The Labute approximate surface area is 166 Å². The summed E-state index contributed by atoms with van der Waals surface area (Å²) in [4.78, 5) is 27.8. The molecule has 0 saturated heterocycles. The maximum Gasteiger partial charge on any atom is 0.197 e. The number of carbonyl (C=O) groups excluding carboxylic acids is 2. The minimum atomic E-state index is -0.181. The maximum atomic E-state index is 12.7. The van der Waals surface area contributed by atoms with Crippen molar-refractivity contribution in [3.63, 3.8) is 0 Å². The van der Waals surface area contributed by atoms with Crippen molar-refractivity contribution in [1.29, 1.82) is 0 Å². The number of benzene rings is 2. The molecule has 0 spiro atoms. The summed E-state index contributed by atoms with van der Waals surface area (Å²) in [6.45, 7) is 9.77. The van der Waals surface area contributed by atoms with E-state index in [0.29, 0.717) is 11.1 Å². The van der Waals surface area contributed by atoms with Gasteiger partial charge in [-0.2, -0.15) is 0 Å². The van der Waals surface area contributed by atoms with Gasteiger partial charge in [0.25, 0.3) is 0 Å². The zero-order valence-corrected chi connectivity index (χ0v) is 16.9. The molecule has 1 heterocycles. The molecular formula is C25H25NO2. The van der Waals surface area contributed by atoms with Crippen LogP contribution in [0.1, 0.15) is 66.0 Å². The molecular weight excluding hydrogens is 346 g/mol. The van der Waals surface area contributed by atoms with Gasteiger partial charge >= 0.3 is 0 Å². The van der Waals surface area contributed by atoms with E-state index in [9.17, 15) is 9.59 Å². The van der Waals surface area contributed by atoms with Crippen LogP contribution in [0.15, 0.2) is 54.1 Å². The van der Waals surface area contributed by atoms with Crippen molar-refractivity contribution in [2.75, 3.05) is 11.4 Å². The minimum Gasteiger partial charge on any atom is -0.362 e. The Morgan fingerprint density at radius 2 is 1.61 bits per heavy atom. The monoisotopic (exact) mass is 371 g/mol. The van der Waals surface area contributed by atoms with Crippen LogP contribution in [0.5, 0.6) is 0 Å². The van der Waals surface area contributed by atoms with Crippen molar-refractivity contribution in [3.05, 3.63) is 76.4 Å². The van der Waals surface area contributed by atoms with Gasteiger partial charge in [-0.05, 0) is 56.5 Å². The third-order valence-corrected chi connectivity index (χ3v) is 5.67. The molecule has 1 aliphatic heterocycles. The fourth-order valence-electron chi connectivity index (χ4n) is 4.39. The van der Waals surface area contributed by atoms with Crippen LogP contribution in [0.25, 0.3) is 11.6 Å². The molecule has 0 atom stereocenters. The summed E-state index contributed by atoms with van der Waals surface area (Å²) < 4.78 is 0. The van der Waals surface area contributed by atoms with Gasteiger partial charge in [-0.15, -0.1) is 0 Å². The SMILES string of the molecule is CCCN1c2ccc(C=C3C(=O)c4ccccc4C3=O)cc2C(C)=CC1(C)C. The molecule has 3 heteroatoms. The molecule has 0 radical (unpaired) electrons. The molecule has 4 rings (SSSR count). The average molecular weight is 371 g/mol. The van der Waals surface area contributed by atoms with E-state index in [2.05, 4.69) is 50.8 Å². The first-order chi connectivity index (χ1) is 13.3. The minimum absolute atomic E-state index is 0.0356. The second-order valence-corrected chi connectivity index (χ2v) is 8.17. The van der Waals surface area contributed by atoms with Crippen LogP contribution < -0.4 is 4.90 Å². The number of rotatable bonds is 3. The molecule has 2 aromatic carbocycles. The van der Waals surface area contributed by atoms with E-state index < -0.39 is 0 Å². The summed E-state index contributed by atoms with van der Waals surface area (Å²) in [6, 6.07) is 13.3. The molecule has 0 unspecified atom stereocenters. The second-order valence-electron chi connectivity index (χ2n) is 8.17. The van der Waals surface area contributed by atoms with Gasteiger partial charge in [-0.1, -0.05) is 43.3 Å². The van der Waals surface area contributed by atoms with Crippen molar-refractivity contribution >= 4 is 28.9 Å². The molecule has 1 aliphatic carbocycles. The number of carbonyl (C=O) groups is 2. The number of Topliss-reactive ketones (excluding diaryl/α,β-unsaturated/α-hetero) is 2. The zero-order valence-electron chi connectivity index (χ0n) is 16.9. The standard InChI is InChI=1S/C25H25NO2/c1-5-12-26-22-11-10-17(13-20(22)16(2)15-25(26,3)4)14-21-23(27)18-8-6-7-9-19(18)24(21)28/h6-11,13-15H,5,12H2,1-4H3. The lowest BCUT2D eigenvalue weighted by Gasteiger charge is -2.43. The molecule has 2 aliphatic rings. The summed E-state index contributed by atoms with van der Waals surface area (Å²) >= 11 is 0. The molecule has 0 bridgehead atoms. The van der Waals surface area contributed by atoms with E-state index in [0.717, 1.165) is 24.1 Å². The predicted octanol–water partition coefficient (Wildman–Crippen LogP) is 5.56. The Hall–Kier alpha value is -2.94. The van der Waals surface area contributed by atoms with Crippen LogP contribution in [-0.4, -0.2) is 23.7 Å².